The number of hydrogen-bond donors (Lipinski definition) is 0. The van der Waals surface area contributed by atoms with E-state index in [9.17, 15) is 9.18 Å². The molecule has 3 heterocycles. The largest absolute Gasteiger partial charge is 0.462 e. The number of nitrogens with zero attached hydrogens (tertiary/aromatic N) is 4. The lowest BCUT2D eigenvalue weighted by Crippen LogP contribution is -2.48. The molecule has 1 atom stereocenters. The van der Waals surface area contributed by atoms with Gasteiger partial charge in [0.05, 0.1) is 37.2 Å². The van der Waals surface area contributed by atoms with E-state index in [2.05, 4.69) is 15.0 Å². The van der Waals surface area contributed by atoms with Crippen LogP contribution >= 0.6 is 0 Å². The average molecular weight is 412 g/mol. The van der Waals surface area contributed by atoms with Crippen molar-refractivity contribution in [2.45, 2.75) is 26.4 Å². The van der Waals surface area contributed by atoms with Crippen LogP contribution in [-0.4, -0.2) is 47.0 Å². The number of halogens is 1. The molecule has 0 spiro atoms. The first-order valence-electron chi connectivity index (χ1n) is 9.96. The minimum atomic E-state index is -0.629. The zero-order valence-electron chi connectivity index (χ0n) is 17.6. The number of pyridine rings is 1. The second-order valence-electron chi connectivity index (χ2n) is 7.76. The molecule has 0 radical (unpaired) electrons. The summed E-state index contributed by atoms with van der Waals surface area (Å²) in [6.45, 7) is 7.28. The van der Waals surface area contributed by atoms with E-state index in [1.165, 1.54) is 18.3 Å². The van der Waals surface area contributed by atoms with Crippen molar-refractivity contribution < 1.29 is 18.7 Å². The lowest BCUT2D eigenvalue weighted by atomic mass is 9.95. The Bertz CT molecular complexity index is 1110. The predicted molar refractivity (Wildman–Crippen MR) is 111 cm³/mol. The van der Waals surface area contributed by atoms with Gasteiger partial charge in [0.2, 0.25) is 0 Å². The third-order valence-corrected chi connectivity index (χ3v) is 5.50. The summed E-state index contributed by atoms with van der Waals surface area (Å²) >= 11 is 0. The minimum absolute atomic E-state index is 0.245. The van der Waals surface area contributed by atoms with Crippen LogP contribution < -0.4 is 4.90 Å². The average Bonchev–Trinajstić information content (AvgIpc) is 3.14. The number of morpholine rings is 1. The van der Waals surface area contributed by atoms with E-state index in [4.69, 9.17) is 9.47 Å². The molecule has 0 saturated carbocycles. The zero-order chi connectivity index (χ0) is 21.5. The molecule has 3 aromatic rings. The van der Waals surface area contributed by atoms with Crippen LogP contribution in [0.5, 0.6) is 0 Å². The van der Waals surface area contributed by atoms with Gasteiger partial charge in [0, 0.05) is 36.9 Å². The van der Waals surface area contributed by atoms with Crippen LogP contribution in [0.2, 0.25) is 0 Å². The number of fused-ring (bicyclic) bond motifs is 1. The summed E-state index contributed by atoms with van der Waals surface area (Å²) in [5.41, 5.74) is 2.63. The first-order chi connectivity index (χ1) is 14.3. The van der Waals surface area contributed by atoms with Gasteiger partial charge in [-0.1, -0.05) is 0 Å². The Hall–Kier alpha value is -3.00. The molecule has 1 unspecified atom stereocenters. The number of esters is 1. The summed E-state index contributed by atoms with van der Waals surface area (Å²) in [5.74, 6) is -0.842. The molecule has 4 rings (SSSR count). The molecule has 1 aliphatic heterocycles. The number of aryl methyl sites for hydroxylation is 2. The monoisotopic (exact) mass is 412 g/mol. The molecule has 7 nitrogen and oxygen atoms in total. The predicted octanol–water partition coefficient (Wildman–Crippen LogP) is 3.34. The second-order valence-corrected chi connectivity index (χ2v) is 7.76. The van der Waals surface area contributed by atoms with E-state index >= 15 is 0 Å². The molecule has 30 heavy (non-hydrogen) atoms. The summed E-state index contributed by atoms with van der Waals surface area (Å²) in [6, 6.07) is 2.88. The standard InChI is InChI=1S/C22H25FN4O3/c1-5-29-21(28)18-11-24-19-14(2)8-16(23)9-17(19)20(18)27-6-7-30-22(3,13-27)15-10-25-26(4)12-15/h8-12H,5-7,13H2,1-4H3. The van der Waals surface area contributed by atoms with E-state index in [-0.39, 0.29) is 12.4 Å². The molecule has 1 saturated heterocycles. The Morgan fingerprint density at radius 1 is 1.37 bits per heavy atom. The fourth-order valence-corrected chi connectivity index (χ4v) is 4.05. The molecule has 0 aliphatic carbocycles. The maximum atomic E-state index is 14.3. The van der Waals surface area contributed by atoms with Crippen molar-refractivity contribution in [1.82, 2.24) is 14.8 Å². The van der Waals surface area contributed by atoms with Crippen LogP contribution in [0.1, 0.15) is 35.3 Å². The minimum Gasteiger partial charge on any atom is -0.462 e. The van der Waals surface area contributed by atoms with Crippen molar-refractivity contribution in [1.29, 1.82) is 0 Å². The number of hydrogen-bond acceptors (Lipinski definition) is 6. The summed E-state index contributed by atoms with van der Waals surface area (Å²) in [7, 11) is 1.86. The number of rotatable bonds is 4. The van der Waals surface area contributed by atoms with Crippen LogP contribution in [0.3, 0.4) is 0 Å². The molecule has 0 N–H and O–H groups in total. The lowest BCUT2D eigenvalue weighted by Gasteiger charge is -2.42. The number of benzene rings is 1. The van der Waals surface area contributed by atoms with Gasteiger partial charge in [-0.2, -0.15) is 5.10 Å². The highest BCUT2D eigenvalue weighted by atomic mass is 19.1. The van der Waals surface area contributed by atoms with Crippen LogP contribution in [-0.2, 0) is 22.1 Å². The van der Waals surface area contributed by atoms with Gasteiger partial charge in [0.15, 0.2) is 0 Å². The summed E-state index contributed by atoms with van der Waals surface area (Å²) in [6.07, 6.45) is 5.23. The molecule has 8 heteroatoms. The van der Waals surface area contributed by atoms with Gasteiger partial charge in [-0.15, -0.1) is 0 Å². The topological polar surface area (TPSA) is 69.5 Å². The van der Waals surface area contributed by atoms with Crippen LogP contribution in [0.15, 0.2) is 30.7 Å². The van der Waals surface area contributed by atoms with Crippen LogP contribution in [0, 0.1) is 12.7 Å². The Balaban J connectivity index is 1.87. The highest BCUT2D eigenvalue weighted by Crippen LogP contribution is 2.37. The van der Waals surface area contributed by atoms with Crippen LogP contribution in [0.25, 0.3) is 10.9 Å². The van der Waals surface area contributed by atoms with Gasteiger partial charge in [-0.25, -0.2) is 9.18 Å². The lowest BCUT2D eigenvalue weighted by molar-refractivity contribution is -0.0466. The van der Waals surface area contributed by atoms with Crippen molar-refractivity contribution >= 4 is 22.6 Å². The van der Waals surface area contributed by atoms with E-state index in [1.54, 1.807) is 17.8 Å². The molecular formula is C22H25FN4O3. The molecule has 1 fully saturated rings. The second kappa shape index (κ2) is 7.68. The first kappa shape index (κ1) is 20.3. The fourth-order valence-electron chi connectivity index (χ4n) is 4.05. The van der Waals surface area contributed by atoms with Gasteiger partial charge in [-0.3, -0.25) is 9.67 Å². The van der Waals surface area contributed by atoms with Crippen molar-refractivity contribution in [3.63, 3.8) is 0 Å². The SMILES string of the molecule is CCOC(=O)c1cnc2c(C)cc(F)cc2c1N1CCOC(C)(c2cnn(C)c2)C1. The zero-order valence-corrected chi connectivity index (χ0v) is 17.6. The third kappa shape index (κ3) is 3.52. The normalized spacial score (nSPS) is 19.3. The Kier molecular flexibility index (Phi) is 5.19. The van der Waals surface area contributed by atoms with Gasteiger partial charge in [-0.05, 0) is 38.5 Å². The fraction of sp³-hybridized carbons (Fsp3) is 0.409. The summed E-state index contributed by atoms with van der Waals surface area (Å²) in [5, 5.41) is 4.85. The van der Waals surface area contributed by atoms with Crippen molar-refractivity contribution in [3.8, 4) is 0 Å². The van der Waals surface area contributed by atoms with Gasteiger partial charge in [0.1, 0.15) is 17.0 Å². The number of ether oxygens (including phenoxy) is 2. The molecule has 0 bridgehead atoms. The van der Waals surface area contributed by atoms with E-state index in [0.717, 1.165) is 5.56 Å². The summed E-state index contributed by atoms with van der Waals surface area (Å²) < 4.78 is 27.5. The first-order valence-corrected chi connectivity index (χ1v) is 9.96. The highest BCUT2D eigenvalue weighted by Gasteiger charge is 2.37. The van der Waals surface area contributed by atoms with Crippen molar-refractivity contribution in [2.75, 3.05) is 31.2 Å². The smallest absolute Gasteiger partial charge is 0.341 e. The molecule has 1 aliphatic rings. The summed E-state index contributed by atoms with van der Waals surface area (Å²) in [4.78, 5) is 19.2. The van der Waals surface area contributed by atoms with Crippen molar-refractivity contribution in [2.24, 2.45) is 7.05 Å². The Morgan fingerprint density at radius 2 is 2.17 bits per heavy atom. The Morgan fingerprint density at radius 3 is 2.87 bits per heavy atom. The molecule has 158 valence electrons. The molecule has 0 amide bonds. The van der Waals surface area contributed by atoms with Crippen molar-refractivity contribution in [3.05, 3.63) is 53.2 Å². The highest BCUT2D eigenvalue weighted by molar-refractivity contribution is 6.06. The number of aromatic nitrogens is 3. The molecule has 2 aromatic heterocycles. The maximum Gasteiger partial charge on any atom is 0.341 e. The number of carbonyl (C=O) groups excluding carboxylic acids is 1. The number of carbonyl (C=O) groups is 1. The van der Waals surface area contributed by atoms with Gasteiger partial charge in [0.25, 0.3) is 0 Å². The van der Waals surface area contributed by atoms with E-state index in [0.29, 0.717) is 47.4 Å². The van der Waals surface area contributed by atoms with Crippen LogP contribution in [0.4, 0.5) is 10.1 Å². The molecule has 1 aromatic carbocycles. The maximum absolute atomic E-state index is 14.3. The van der Waals surface area contributed by atoms with Gasteiger partial charge >= 0.3 is 5.97 Å². The quantitative estimate of drug-likeness (QED) is 0.612. The third-order valence-electron chi connectivity index (χ3n) is 5.50. The van der Waals surface area contributed by atoms with E-state index in [1.807, 2.05) is 27.1 Å². The molecular weight excluding hydrogens is 387 g/mol. The Labute approximate surface area is 174 Å². The van der Waals surface area contributed by atoms with Gasteiger partial charge < -0.3 is 14.4 Å². The number of anilines is 1. The van der Waals surface area contributed by atoms with E-state index < -0.39 is 11.6 Å².